The summed E-state index contributed by atoms with van der Waals surface area (Å²) in [6, 6.07) is 8.65. The van der Waals surface area contributed by atoms with E-state index < -0.39 is 0 Å². The van der Waals surface area contributed by atoms with E-state index in [1.807, 2.05) is 11.4 Å². The van der Waals surface area contributed by atoms with E-state index in [2.05, 4.69) is 15.6 Å². The van der Waals surface area contributed by atoms with Crippen LogP contribution in [0.1, 0.15) is 28.2 Å². The quantitative estimate of drug-likeness (QED) is 0.484. The molecule has 4 rings (SSSR count). The summed E-state index contributed by atoms with van der Waals surface area (Å²) in [6.45, 7) is 1.17. The van der Waals surface area contributed by atoms with Gasteiger partial charge in [-0.2, -0.15) is 0 Å². The molecule has 10 heteroatoms. The van der Waals surface area contributed by atoms with Crippen LogP contribution in [-0.4, -0.2) is 36.1 Å². The van der Waals surface area contributed by atoms with Crippen LogP contribution in [0.3, 0.4) is 0 Å². The zero-order valence-corrected chi connectivity index (χ0v) is 18.8. The first kappa shape index (κ1) is 21.8. The maximum atomic E-state index is 12.6. The molecule has 1 saturated heterocycles. The lowest BCUT2D eigenvalue weighted by atomic mass is 10.2. The molecule has 2 aromatic heterocycles. The van der Waals surface area contributed by atoms with E-state index in [4.69, 9.17) is 21.1 Å². The van der Waals surface area contributed by atoms with Gasteiger partial charge >= 0.3 is 0 Å². The second-order valence-electron chi connectivity index (χ2n) is 6.89. The maximum Gasteiger partial charge on any atom is 0.267 e. The summed E-state index contributed by atoms with van der Waals surface area (Å²) in [5.41, 5.74) is 1.06. The van der Waals surface area contributed by atoms with Crippen molar-refractivity contribution in [3.05, 3.63) is 56.7 Å². The topological polar surface area (TPSA) is 89.6 Å². The number of benzene rings is 1. The molecule has 0 radical (unpaired) electrons. The Labute approximate surface area is 192 Å². The van der Waals surface area contributed by atoms with Gasteiger partial charge in [0.2, 0.25) is 5.91 Å². The maximum absolute atomic E-state index is 12.6. The highest BCUT2D eigenvalue weighted by molar-refractivity contribution is 7.14. The minimum Gasteiger partial charge on any atom is -0.489 e. The van der Waals surface area contributed by atoms with Gasteiger partial charge in [-0.3, -0.25) is 14.9 Å². The first-order valence-corrected chi connectivity index (χ1v) is 11.8. The zero-order valence-electron chi connectivity index (χ0n) is 16.4. The molecule has 2 N–H and O–H groups in total. The minimum absolute atomic E-state index is 0.0586. The van der Waals surface area contributed by atoms with Crippen molar-refractivity contribution in [3.8, 4) is 5.75 Å². The van der Waals surface area contributed by atoms with Gasteiger partial charge < -0.3 is 14.8 Å². The normalized spacial score (nSPS) is 15.6. The number of aromatic nitrogens is 1. The summed E-state index contributed by atoms with van der Waals surface area (Å²) in [7, 11) is 0. The van der Waals surface area contributed by atoms with Crippen LogP contribution in [-0.2, 0) is 16.0 Å². The Kier molecular flexibility index (Phi) is 7.18. The van der Waals surface area contributed by atoms with Crippen LogP contribution in [0, 0.1) is 0 Å². The number of nitrogens with one attached hydrogen (secondary N) is 2. The number of thiazole rings is 1. The van der Waals surface area contributed by atoms with E-state index in [1.165, 1.54) is 22.7 Å². The van der Waals surface area contributed by atoms with Crippen LogP contribution < -0.4 is 15.4 Å². The molecule has 1 aromatic carbocycles. The van der Waals surface area contributed by atoms with E-state index in [-0.39, 0.29) is 24.3 Å². The predicted molar refractivity (Wildman–Crippen MR) is 123 cm³/mol. The van der Waals surface area contributed by atoms with Crippen LogP contribution in [0.25, 0.3) is 0 Å². The van der Waals surface area contributed by atoms with Crippen LogP contribution in [0.5, 0.6) is 5.75 Å². The Balaban J connectivity index is 1.34. The SMILES string of the molecule is O=C(Cc1csc(NC(=O)c2cccs2)n1)Nc1cc(Cl)ccc1OCC1CCCO1. The molecular formula is C21H20ClN3O4S2. The fourth-order valence-electron chi connectivity index (χ4n) is 3.06. The van der Waals surface area contributed by atoms with Crippen LogP contribution in [0.15, 0.2) is 41.1 Å². The van der Waals surface area contributed by atoms with E-state index in [9.17, 15) is 9.59 Å². The third-order valence-electron chi connectivity index (χ3n) is 4.52. The van der Waals surface area contributed by atoms with Gasteiger partial charge in [-0.25, -0.2) is 4.98 Å². The third-order valence-corrected chi connectivity index (χ3v) is 6.43. The van der Waals surface area contributed by atoms with E-state index in [0.29, 0.717) is 38.8 Å². The number of amides is 2. The van der Waals surface area contributed by atoms with Crippen molar-refractivity contribution in [2.45, 2.75) is 25.4 Å². The minimum atomic E-state index is -0.259. The van der Waals surface area contributed by atoms with Crippen molar-refractivity contribution < 1.29 is 19.1 Å². The average Bonchev–Trinajstić information content (AvgIpc) is 3.51. The molecule has 1 atom stereocenters. The smallest absolute Gasteiger partial charge is 0.267 e. The summed E-state index contributed by atoms with van der Waals surface area (Å²) >= 11 is 8.73. The van der Waals surface area contributed by atoms with Gasteiger partial charge in [0.25, 0.3) is 5.91 Å². The molecule has 162 valence electrons. The van der Waals surface area contributed by atoms with Gasteiger partial charge in [-0.15, -0.1) is 22.7 Å². The molecule has 0 saturated carbocycles. The van der Waals surface area contributed by atoms with E-state index in [0.717, 1.165) is 19.4 Å². The summed E-state index contributed by atoms with van der Waals surface area (Å²) in [4.78, 5) is 29.6. The van der Waals surface area contributed by atoms with E-state index in [1.54, 1.807) is 29.6 Å². The molecule has 1 unspecified atom stereocenters. The Bertz CT molecular complexity index is 1050. The highest BCUT2D eigenvalue weighted by Crippen LogP contribution is 2.29. The number of carbonyl (C=O) groups excluding carboxylic acids is 2. The number of halogens is 1. The molecule has 7 nitrogen and oxygen atoms in total. The summed E-state index contributed by atoms with van der Waals surface area (Å²) in [5.74, 6) is 0.0633. The largest absolute Gasteiger partial charge is 0.489 e. The van der Waals surface area contributed by atoms with Crippen LogP contribution in [0.2, 0.25) is 5.02 Å². The second kappa shape index (κ2) is 10.2. The van der Waals surface area contributed by atoms with Crippen LogP contribution in [0.4, 0.5) is 10.8 Å². The molecular weight excluding hydrogens is 458 g/mol. The second-order valence-corrected chi connectivity index (χ2v) is 9.13. The van der Waals surface area contributed by atoms with Crippen molar-refractivity contribution in [3.63, 3.8) is 0 Å². The number of rotatable bonds is 8. The molecule has 3 aromatic rings. The van der Waals surface area contributed by atoms with Gasteiger partial charge in [0.05, 0.1) is 28.8 Å². The Morgan fingerprint density at radius 2 is 2.16 bits per heavy atom. The molecule has 0 aliphatic carbocycles. The van der Waals surface area contributed by atoms with Crippen molar-refractivity contribution in [1.29, 1.82) is 0 Å². The number of hydrogen-bond donors (Lipinski definition) is 2. The van der Waals surface area contributed by atoms with Crippen molar-refractivity contribution >= 4 is 56.9 Å². The fraction of sp³-hybridized carbons (Fsp3) is 0.286. The Morgan fingerprint density at radius 3 is 2.94 bits per heavy atom. The lowest BCUT2D eigenvalue weighted by Gasteiger charge is -2.15. The van der Waals surface area contributed by atoms with Gasteiger partial charge in [-0.1, -0.05) is 17.7 Å². The lowest BCUT2D eigenvalue weighted by molar-refractivity contribution is -0.115. The first-order chi connectivity index (χ1) is 15.1. The fourth-order valence-corrected chi connectivity index (χ4v) is 4.55. The summed E-state index contributed by atoms with van der Waals surface area (Å²) in [5, 5.41) is 10.1. The highest BCUT2D eigenvalue weighted by atomic mass is 35.5. The molecule has 0 spiro atoms. The molecule has 0 bridgehead atoms. The third kappa shape index (κ3) is 6.04. The number of anilines is 2. The number of hydrogen-bond acceptors (Lipinski definition) is 7. The van der Waals surface area contributed by atoms with Gasteiger partial charge in [0, 0.05) is 17.0 Å². The number of carbonyl (C=O) groups is 2. The predicted octanol–water partition coefficient (Wildman–Crippen LogP) is 4.85. The summed E-state index contributed by atoms with van der Waals surface area (Å²) in [6.07, 6.45) is 2.12. The van der Waals surface area contributed by atoms with E-state index >= 15 is 0 Å². The molecule has 3 heterocycles. The average molecular weight is 478 g/mol. The lowest BCUT2D eigenvalue weighted by Crippen LogP contribution is -2.19. The Hall–Kier alpha value is -2.46. The number of thiophene rings is 1. The summed E-state index contributed by atoms with van der Waals surface area (Å²) < 4.78 is 11.4. The molecule has 1 aliphatic rings. The zero-order chi connectivity index (χ0) is 21.6. The molecule has 1 fully saturated rings. The van der Waals surface area contributed by atoms with Crippen molar-refractivity contribution in [2.24, 2.45) is 0 Å². The van der Waals surface area contributed by atoms with Gasteiger partial charge in [0.15, 0.2) is 5.13 Å². The monoisotopic (exact) mass is 477 g/mol. The van der Waals surface area contributed by atoms with Gasteiger partial charge in [0.1, 0.15) is 12.4 Å². The standard InChI is InChI=1S/C21H20ClN3O4S2/c22-13-5-6-17(29-11-15-3-1-7-28-15)16(9-13)24-19(26)10-14-12-31-21(23-14)25-20(27)18-4-2-8-30-18/h2,4-6,8-9,12,15H,1,3,7,10-11H2,(H,24,26)(H,23,25,27). The molecule has 1 aliphatic heterocycles. The van der Waals surface area contributed by atoms with Gasteiger partial charge in [-0.05, 0) is 42.5 Å². The van der Waals surface area contributed by atoms with Crippen molar-refractivity contribution in [2.75, 3.05) is 23.8 Å². The number of nitrogens with zero attached hydrogens (tertiary/aromatic N) is 1. The number of ether oxygens (including phenoxy) is 2. The molecule has 31 heavy (non-hydrogen) atoms. The van der Waals surface area contributed by atoms with Crippen molar-refractivity contribution in [1.82, 2.24) is 4.98 Å². The molecule has 2 amide bonds. The Morgan fingerprint density at radius 1 is 1.26 bits per heavy atom. The first-order valence-electron chi connectivity index (χ1n) is 9.70. The highest BCUT2D eigenvalue weighted by Gasteiger charge is 2.18. The van der Waals surface area contributed by atoms with Crippen LogP contribution >= 0.6 is 34.3 Å².